The first-order valence-corrected chi connectivity index (χ1v) is 5.59. The number of nitrogens with one attached hydrogen (secondary N) is 1. The van der Waals surface area contributed by atoms with Crippen molar-refractivity contribution >= 4 is 5.82 Å². The Morgan fingerprint density at radius 2 is 2.20 bits per heavy atom. The molecule has 0 amide bonds. The average Bonchev–Trinajstić information content (AvgIpc) is 2.24. The van der Waals surface area contributed by atoms with E-state index in [0.29, 0.717) is 5.82 Å². The lowest BCUT2D eigenvalue weighted by atomic mass is 10.3. The van der Waals surface area contributed by atoms with E-state index in [4.69, 9.17) is 0 Å². The van der Waals surface area contributed by atoms with Crippen LogP contribution in [0.25, 0.3) is 0 Å². The molecule has 0 aromatic carbocycles. The highest BCUT2D eigenvalue weighted by Gasteiger charge is 2.02. The summed E-state index contributed by atoms with van der Waals surface area (Å²) in [6.07, 6.45) is 6.53. The summed E-state index contributed by atoms with van der Waals surface area (Å²) in [5.74, 6) is 0.472. The van der Waals surface area contributed by atoms with Gasteiger partial charge in [0.1, 0.15) is 0 Å². The van der Waals surface area contributed by atoms with Crippen molar-refractivity contribution in [3.8, 4) is 0 Å². The van der Waals surface area contributed by atoms with Crippen molar-refractivity contribution in [2.24, 2.45) is 0 Å². The second-order valence-corrected chi connectivity index (χ2v) is 3.55. The summed E-state index contributed by atoms with van der Waals surface area (Å²) in [5.41, 5.74) is -0.0181. The van der Waals surface area contributed by atoms with Crippen LogP contribution in [0.2, 0.25) is 0 Å². The van der Waals surface area contributed by atoms with Gasteiger partial charge in [0.2, 0.25) is 0 Å². The van der Waals surface area contributed by atoms with Crippen LogP contribution in [0.4, 0.5) is 5.82 Å². The van der Waals surface area contributed by atoms with Crippen molar-refractivity contribution in [2.45, 2.75) is 39.7 Å². The average molecular weight is 209 g/mol. The molecule has 1 N–H and O–H groups in total. The SMILES string of the molecule is CCCCNc1nccn(CCC)c1=O. The normalized spacial score (nSPS) is 10.3. The molecular weight excluding hydrogens is 190 g/mol. The van der Waals surface area contributed by atoms with E-state index in [1.165, 1.54) is 0 Å². The fraction of sp³-hybridized carbons (Fsp3) is 0.636. The highest BCUT2D eigenvalue weighted by molar-refractivity contribution is 5.30. The third-order valence-electron chi connectivity index (χ3n) is 2.20. The Morgan fingerprint density at radius 3 is 2.87 bits per heavy atom. The quantitative estimate of drug-likeness (QED) is 0.727. The Kier molecular flexibility index (Phi) is 4.87. The molecule has 0 saturated heterocycles. The molecule has 0 spiro atoms. The number of aryl methyl sites for hydroxylation is 1. The molecule has 0 unspecified atom stereocenters. The van der Waals surface area contributed by atoms with E-state index in [1.54, 1.807) is 17.0 Å². The van der Waals surface area contributed by atoms with E-state index in [1.807, 2.05) is 0 Å². The predicted molar refractivity (Wildman–Crippen MR) is 62.2 cm³/mol. The lowest BCUT2D eigenvalue weighted by Gasteiger charge is -2.07. The number of unbranched alkanes of at least 4 members (excludes halogenated alkanes) is 1. The summed E-state index contributed by atoms with van der Waals surface area (Å²) >= 11 is 0. The molecular formula is C11H19N3O. The molecule has 0 bridgehead atoms. The molecule has 4 heteroatoms. The summed E-state index contributed by atoms with van der Waals surface area (Å²) < 4.78 is 1.70. The third-order valence-corrected chi connectivity index (χ3v) is 2.20. The van der Waals surface area contributed by atoms with Crippen molar-refractivity contribution in [2.75, 3.05) is 11.9 Å². The second kappa shape index (κ2) is 6.22. The van der Waals surface area contributed by atoms with Crippen LogP contribution in [0.5, 0.6) is 0 Å². The molecule has 0 fully saturated rings. The number of aromatic nitrogens is 2. The minimum atomic E-state index is -0.0181. The maximum absolute atomic E-state index is 11.8. The topological polar surface area (TPSA) is 46.9 Å². The molecule has 1 heterocycles. The van der Waals surface area contributed by atoms with Gasteiger partial charge in [-0.05, 0) is 12.8 Å². The fourth-order valence-electron chi connectivity index (χ4n) is 1.37. The van der Waals surface area contributed by atoms with Crippen molar-refractivity contribution in [1.29, 1.82) is 0 Å². The maximum atomic E-state index is 11.8. The first kappa shape index (κ1) is 11.8. The molecule has 1 rings (SSSR count). The summed E-state index contributed by atoms with van der Waals surface area (Å²) in [7, 11) is 0. The maximum Gasteiger partial charge on any atom is 0.293 e. The van der Waals surface area contributed by atoms with Crippen LogP contribution in [0, 0.1) is 0 Å². The molecule has 1 aromatic heterocycles. The standard InChI is InChI=1S/C11H19N3O/c1-3-5-6-12-10-11(15)14(8-4-2)9-7-13-10/h7,9H,3-6,8H2,1-2H3,(H,12,13). The van der Waals surface area contributed by atoms with Crippen LogP contribution >= 0.6 is 0 Å². The van der Waals surface area contributed by atoms with E-state index in [2.05, 4.69) is 24.1 Å². The zero-order valence-electron chi connectivity index (χ0n) is 9.49. The largest absolute Gasteiger partial charge is 0.365 e. The van der Waals surface area contributed by atoms with Crippen molar-refractivity contribution in [3.05, 3.63) is 22.7 Å². The van der Waals surface area contributed by atoms with Crippen molar-refractivity contribution < 1.29 is 0 Å². The Labute approximate surface area is 90.3 Å². The van der Waals surface area contributed by atoms with Gasteiger partial charge >= 0.3 is 0 Å². The van der Waals surface area contributed by atoms with E-state index in [-0.39, 0.29) is 5.56 Å². The highest BCUT2D eigenvalue weighted by atomic mass is 16.1. The number of nitrogens with zero attached hydrogens (tertiary/aromatic N) is 2. The lowest BCUT2D eigenvalue weighted by Crippen LogP contribution is -2.24. The number of rotatable bonds is 6. The fourth-order valence-corrected chi connectivity index (χ4v) is 1.37. The van der Waals surface area contributed by atoms with Gasteiger partial charge in [-0.25, -0.2) is 4.98 Å². The number of hydrogen-bond acceptors (Lipinski definition) is 3. The first-order valence-electron chi connectivity index (χ1n) is 5.59. The molecule has 0 aliphatic carbocycles. The summed E-state index contributed by atoms with van der Waals surface area (Å²) in [6.45, 7) is 5.74. The minimum absolute atomic E-state index is 0.0181. The molecule has 0 saturated carbocycles. The van der Waals surface area contributed by atoms with Gasteiger partial charge in [0, 0.05) is 25.5 Å². The number of anilines is 1. The summed E-state index contributed by atoms with van der Waals surface area (Å²) in [6, 6.07) is 0. The van der Waals surface area contributed by atoms with E-state index >= 15 is 0 Å². The van der Waals surface area contributed by atoms with Crippen LogP contribution in [-0.4, -0.2) is 16.1 Å². The van der Waals surface area contributed by atoms with Gasteiger partial charge < -0.3 is 9.88 Å². The molecule has 0 aliphatic heterocycles. The lowest BCUT2D eigenvalue weighted by molar-refractivity contribution is 0.649. The molecule has 0 aliphatic rings. The van der Waals surface area contributed by atoms with Gasteiger partial charge in [0.05, 0.1) is 0 Å². The zero-order valence-corrected chi connectivity index (χ0v) is 9.49. The van der Waals surface area contributed by atoms with Crippen LogP contribution < -0.4 is 10.9 Å². The van der Waals surface area contributed by atoms with Crippen molar-refractivity contribution in [1.82, 2.24) is 9.55 Å². The second-order valence-electron chi connectivity index (χ2n) is 3.55. The van der Waals surface area contributed by atoms with Crippen LogP contribution in [0.3, 0.4) is 0 Å². The van der Waals surface area contributed by atoms with E-state index < -0.39 is 0 Å². The van der Waals surface area contributed by atoms with Gasteiger partial charge in [-0.2, -0.15) is 0 Å². The monoisotopic (exact) mass is 209 g/mol. The molecule has 15 heavy (non-hydrogen) atoms. The summed E-state index contributed by atoms with van der Waals surface area (Å²) in [4.78, 5) is 15.8. The molecule has 0 atom stereocenters. The molecule has 0 radical (unpaired) electrons. The van der Waals surface area contributed by atoms with Gasteiger partial charge in [-0.1, -0.05) is 20.3 Å². The van der Waals surface area contributed by atoms with Gasteiger partial charge in [0.25, 0.3) is 5.56 Å². The smallest absolute Gasteiger partial charge is 0.293 e. The molecule has 4 nitrogen and oxygen atoms in total. The van der Waals surface area contributed by atoms with Gasteiger partial charge in [-0.3, -0.25) is 4.79 Å². The third kappa shape index (κ3) is 3.38. The Balaban J connectivity index is 2.71. The summed E-state index contributed by atoms with van der Waals surface area (Å²) in [5, 5.41) is 3.07. The van der Waals surface area contributed by atoms with E-state index in [0.717, 1.165) is 32.4 Å². The van der Waals surface area contributed by atoms with Gasteiger partial charge in [-0.15, -0.1) is 0 Å². The Hall–Kier alpha value is -1.32. The van der Waals surface area contributed by atoms with E-state index in [9.17, 15) is 4.79 Å². The Bertz CT molecular complexity index is 346. The van der Waals surface area contributed by atoms with Crippen LogP contribution in [0.15, 0.2) is 17.2 Å². The van der Waals surface area contributed by atoms with Gasteiger partial charge in [0.15, 0.2) is 5.82 Å². The van der Waals surface area contributed by atoms with Crippen molar-refractivity contribution in [3.63, 3.8) is 0 Å². The zero-order chi connectivity index (χ0) is 11.1. The number of hydrogen-bond donors (Lipinski definition) is 1. The Morgan fingerprint density at radius 1 is 1.40 bits per heavy atom. The minimum Gasteiger partial charge on any atom is -0.365 e. The molecule has 1 aromatic rings. The van der Waals surface area contributed by atoms with Crippen LogP contribution in [0.1, 0.15) is 33.1 Å². The highest BCUT2D eigenvalue weighted by Crippen LogP contribution is 1.95. The van der Waals surface area contributed by atoms with Crippen LogP contribution in [-0.2, 0) is 6.54 Å². The molecule has 84 valence electrons. The predicted octanol–water partition coefficient (Wildman–Crippen LogP) is 1.87. The first-order chi connectivity index (χ1) is 7.29.